The number of aromatic nitrogens is 1. The lowest BCUT2D eigenvalue weighted by molar-refractivity contribution is -0.143. The molecule has 0 aliphatic carbocycles. The first-order chi connectivity index (χ1) is 30.7. The van der Waals surface area contributed by atoms with Crippen LogP contribution in [-0.4, -0.2) is 125 Å². The van der Waals surface area contributed by atoms with Crippen molar-refractivity contribution in [2.24, 2.45) is 32.9 Å². The van der Waals surface area contributed by atoms with Crippen molar-refractivity contribution in [2.45, 2.75) is 109 Å². The number of hydrogen-bond donors (Lipinski definition) is 8. The third-order valence-corrected chi connectivity index (χ3v) is 11.0. The van der Waals surface area contributed by atoms with Crippen LogP contribution < -0.4 is 44.2 Å². The average molecular weight is 884 g/mol. The van der Waals surface area contributed by atoms with E-state index < -0.39 is 72.2 Å². The highest BCUT2D eigenvalue weighted by molar-refractivity contribution is 5.98. The highest BCUT2D eigenvalue weighted by atomic mass is 16.2. The number of nitrogens with two attached hydrogens (primary N) is 4. The van der Waals surface area contributed by atoms with Gasteiger partial charge in [0, 0.05) is 38.6 Å². The van der Waals surface area contributed by atoms with Gasteiger partial charge >= 0.3 is 0 Å². The van der Waals surface area contributed by atoms with E-state index in [1.54, 1.807) is 6.20 Å². The summed E-state index contributed by atoms with van der Waals surface area (Å²) in [6.45, 7) is 6.33. The fourth-order valence-electron chi connectivity index (χ4n) is 7.65. The fraction of sp³-hybridized carbons (Fsp3) is 0.489. The molecule has 4 heterocycles. The number of amides is 6. The smallest absolute Gasteiger partial charge is 0.245 e. The molecule has 346 valence electrons. The maximum atomic E-state index is 13.5. The first-order valence-electron chi connectivity index (χ1n) is 21.9. The minimum Gasteiger partial charge on any atom is -0.370 e. The molecule has 3 aliphatic heterocycles. The van der Waals surface area contributed by atoms with Gasteiger partial charge in [-0.25, -0.2) is 0 Å². The van der Waals surface area contributed by atoms with Crippen LogP contribution in [-0.2, 0) is 35.2 Å². The van der Waals surface area contributed by atoms with Crippen LogP contribution in [0.3, 0.4) is 0 Å². The van der Waals surface area contributed by atoms with Crippen molar-refractivity contribution in [2.75, 3.05) is 32.7 Å². The predicted octanol–water partition coefficient (Wildman–Crippen LogP) is 0.472. The van der Waals surface area contributed by atoms with E-state index in [2.05, 4.69) is 98.6 Å². The van der Waals surface area contributed by atoms with E-state index in [9.17, 15) is 28.8 Å². The van der Waals surface area contributed by atoms with Crippen LogP contribution in [0.1, 0.15) is 76.3 Å². The van der Waals surface area contributed by atoms with Crippen molar-refractivity contribution < 1.29 is 28.8 Å². The summed E-state index contributed by atoms with van der Waals surface area (Å²) < 4.78 is 0. The monoisotopic (exact) mass is 884 g/mol. The van der Waals surface area contributed by atoms with Gasteiger partial charge in [-0.15, -0.1) is 0 Å². The van der Waals surface area contributed by atoms with E-state index in [1.807, 2.05) is 12.3 Å². The Kier molecular flexibility index (Phi) is 19.8. The van der Waals surface area contributed by atoms with E-state index in [0.29, 0.717) is 38.5 Å². The summed E-state index contributed by atoms with van der Waals surface area (Å²) in [5.41, 5.74) is 24.2. The summed E-state index contributed by atoms with van der Waals surface area (Å²) in [6.07, 6.45) is 7.59. The van der Waals surface area contributed by atoms with Crippen LogP contribution >= 0.6 is 0 Å². The summed E-state index contributed by atoms with van der Waals surface area (Å²) in [5.74, 6) is -3.43. The summed E-state index contributed by atoms with van der Waals surface area (Å²) in [6, 6.07) is 14.1. The molecular weight excluding hydrogens is 819 g/mol. The molecule has 3 saturated heterocycles. The zero-order valence-electron chi connectivity index (χ0n) is 37.1. The molecule has 3 aliphatic rings. The molecule has 0 radical (unpaired) electrons. The number of benzene rings is 2. The molecule has 6 rings (SSSR count). The van der Waals surface area contributed by atoms with Gasteiger partial charge in [0.15, 0.2) is 11.9 Å². The molecule has 19 nitrogen and oxygen atoms in total. The van der Waals surface area contributed by atoms with Crippen LogP contribution in [0.25, 0.3) is 10.8 Å². The van der Waals surface area contributed by atoms with E-state index in [-0.39, 0.29) is 50.9 Å². The number of aliphatic imine (C=N–C) groups is 2. The Morgan fingerprint density at radius 2 is 1.30 bits per heavy atom. The third-order valence-electron chi connectivity index (χ3n) is 11.0. The molecule has 0 bridgehead atoms. The second kappa shape index (κ2) is 25.4. The number of nitrogens with one attached hydrogen (secondary N) is 4. The SMILES string of the molecule is CCc1cccnc1.C[C@H]1NC(=O)[C@H](CCCN=C(N)N)NC(=O)[C@H]2CCCN2C(=O)CNC(=O)[C@H](CCCN=C(N)N)NC(=O)[C@H]2CCCN2C1=O.Cc1ccc2ccccc2c1. The molecule has 64 heavy (non-hydrogen) atoms. The van der Waals surface area contributed by atoms with E-state index >= 15 is 0 Å². The number of aryl methyl sites for hydroxylation is 2. The van der Waals surface area contributed by atoms with Crippen molar-refractivity contribution in [3.8, 4) is 0 Å². The molecule has 0 unspecified atom stereocenters. The van der Waals surface area contributed by atoms with Crippen LogP contribution in [0.2, 0.25) is 0 Å². The molecule has 3 fully saturated rings. The molecule has 6 amide bonds. The summed E-state index contributed by atoms with van der Waals surface area (Å²) in [4.78, 5) is 94.5. The van der Waals surface area contributed by atoms with Crippen LogP contribution in [0.15, 0.2) is 77.0 Å². The van der Waals surface area contributed by atoms with Crippen molar-refractivity contribution in [3.05, 3.63) is 78.1 Å². The lowest BCUT2D eigenvalue weighted by Crippen LogP contribution is -2.59. The standard InChI is InChI=1S/C27H46N12O6.C11H10.C7H9N/c1-15-25(45)39-13-5-9-19(39)24(44)36-16(6-2-10-32-26(28)29)21(41)34-14-20(40)38-12-4-8-18(38)23(43)37-17(22(42)35-15)7-3-11-33-27(30)31;1-9-6-7-10-4-2-3-5-11(10)8-9;1-2-7-4-3-5-8-6-7/h15-19H,2-14H2,1H3,(H,34,41)(H,35,42)(H,36,44)(H,37,43)(H4,28,29,32)(H4,30,31,33);2-8H,1H3;3-6H,2H2,1H3/t15-,16+,17+,18-,19-;;/m1../s1. The normalized spacial score (nSPS) is 21.8. The predicted molar refractivity (Wildman–Crippen MR) is 246 cm³/mol. The van der Waals surface area contributed by atoms with Crippen LogP contribution in [0, 0.1) is 6.92 Å². The molecule has 19 heteroatoms. The molecule has 1 aromatic heterocycles. The lowest BCUT2D eigenvalue weighted by Gasteiger charge is -2.30. The Bertz CT molecular complexity index is 2110. The van der Waals surface area contributed by atoms with Crippen molar-refractivity contribution in [1.29, 1.82) is 0 Å². The van der Waals surface area contributed by atoms with Gasteiger partial charge in [-0.2, -0.15) is 0 Å². The highest BCUT2D eigenvalue weighted by Gasteiger charge is 2.40. The Balaban J connectivity index is 0.000000381. The number of pyridine rings is 1. The summed E-state index contributed by atoms with van der Waals surface area (Å²) in [5, 5.41) is 13.4. The number of carbonyl (C=O) groups is 6. The number of nitrogens with zero attached hydrogens (tertiary/aromatic N) is 5. The zero-order valence-corrected chi connectivity index (χ0v) is 37.1. The molecule has 0 saturated carbocycles. The van der Waals surface area contributed by atoms with Gasteiger partial charge in [-0.3, -0.25) is 43.7 Å². The van der Waals surface area contributed by atoms with Crippen LogP contribution in [0.5, 0.6) is 0 Å². The number of hydrogen-bond acceptors (Lipinski definition) is 9. The Labute approximate surface area is 374 Å². The first kappa shape index (κ1) is 49.9. The van der Waals surface area contributed by atoms with Gasteiger partial charge < -0.3 is 54.0 Å². The summed E-state index contributed by atoms with van der Waals surface area (Å²) in [7, 11) is 0. The van der Waals surface area contributed by atoms with Gasteiger partial charge in [0.2, 0.25) is 35.4 Å². The average Bonchev–Trinajstić information content (AvgIpc) is 3.99. The van der Waals surface area contributed by atoms with E-state index in [4.69, 9.17) is 22.9 Å². The van der Waals surface area contributed by atoms with Crippen molar-refractivity contribution in [1.82, 2.24) is 36.1 Å². The van der Waals surface area contributed by atoms with Gasteiger partial charge in [0.05, 0.1) is 6.54 Å². The van der Waals surface area contributed by atoms with Crippen LogP contribution in [0.4, 0.5) is 0 Å². The maximum Gasteiger partial charge on any atom is 0.245 e. The number of fused-ring (bicyclic) bond motifs is 3. The van der Waals surface area contributed by atoms with Crippen molar-refractivity contribution in [3.63, 3.8) is 0 Å². The van der Waals surface area contributed by atoms with Gasteiger partial charge in [0.1, 0.15) is 30.2 Å². The molecular formula is C45H65N13O6. The van der Waals surface area contributed by atoms with Gasteiger partial charge in [-0.1, -0.05) is 61.0 Å². The largest absolute Gasteiger partial charge is 0.370 e. The first-order valence-corrected chi connectivity index (χ1v) is 21.9. The molecule has 2 aromatic carbocycles. The fourth-order valence-corrected chi connectivity index (χ4v) is 7.65. The number of carbonyl (C=O) groups excluding carboxylic acids is 6. The topological polar surface area (TPSA) is 299 Å². The Morgan fingerprint density at radius 3 is 1.86 bits per heavy atom. The second-order valence-electron chi connectivity index (χ2n) is 16.0. The zero-order chi connectivity index (χ0) is 46.6. The molecule has 5 atom stereocenters. The maximum absolute atomic E-state index is 13.5. The summed E-state index contributed by atoms with van der Waals surface area (Å²) >= 11 is 0. The van der Waals surface area contributed by atoms with Gasteiger partial charge in [0.25, 0.3) is 0 Å². The molecule has 12 N–H and O–H groups in total. The van der Waals surface area contributed by atoms with E-state index in [0.717, 1.165) is 6.42 Å². The minimum atomic E-state index is -1.05. The Hall–Kier alpha value is -6.79. The highest BCUT2D eigenvalue weighted by Crippen LogP contribution is 2.21. The van der Waals surface area contributed by atoms with E-state index in [1.165, 1.54) is 38.6 Å². The number of guanidine groups is 2. The van der Waals surface area contributed by atoms with Gasteiger partial charge in [-0.05, 0) is 94.0 Å². The minimum absolute atomic E-state index is 0.110. The quantitative estimate of drug-likeness (QED) is 0.0830. The molecule has 0 spiro atoms. The molecule has 3 aromatic rings. The second-order valence-corrected chi connectivity index (χ2v) is 16.0. The Morgan fingerprint density at radius 1 is 0.719 bits per heavy atom. The number of rotatable bonds is 9. The van der Waals surface area contributed by atoms with Crippen molar-refractivity contribution >= 4 is 58.1 Å². The third kappa shape index (κ3) is 15.5. The lowest BCUT2D eigenvalue weighted by atomic mass is 10.1.